The van der Waals surface area contributed by atoms with Gasteiger partial charge in [0.05, 0.1) is 12.7 Å². The van der Waals surface area contributed by atoms with E-state index < -0.39 is 0 Å². The molecule has 6 nitrogen and oxygen atoms in total. The second-order valence-corrected chi connectivity index (χ2v) is 6.29. The van der Waals surface area contributed by atoms with Gasteiger partial charge >= 0.3 is 0 Å². The predicted molar refractivity (Wildman–Crippen MR) is 102 cm³/mol. The van der Waals surface area contributed by atoms with Crippen molar-refractivity contribution in [3.63, 3.8) is 0 Å². The largest absolute Gasteiger partial charge is 0.497 e. The van der Waals surface area contributed by atoms with Crippen molar-refractivity contribution < 1.29 is 18.8 Å². The third-order valence-corrected chi connectivity index (χ3v) is 4.39. The predicted octanol–water partition coefficient (Wildman–Crippen LogP) is 4.44. The first-order valence-electron chi connectivity index (χ1n) is 8.58. The molecule has 3 rings (SSSR count). The number of hydrogen-bond acceptors (Lipinski definition) is 5. The molecule has 1 heterocycles. The van der Waals surface area contributed by atoms with E-state index in [-0.39, 0.29) is 18.2 Å². The molecular weight excluding hydrogens is 344 g/mol. The molecule has 2 aromatic carbocycles. The third kappa shape index (κ3) is 4.28. The maximum Gasteiger partial charge on any atom is 0.278 e. The molecule has 0 saturated carbocycles. The number of aryl methyl sites for hydroxylation is 3. The fourth-order valence-electron chi connectivity index (χ4n) is 2.59. The Morgan fingerprint density at radius 2 is 1.89 bits per heavy atom. The number of carbonyl (C=O) groups is 1. The van der Waals surface area contributed by atoms with Crippen LogP contribution in [0.25, 0.3) is 0 Å². The summed E-state index contributed by atoms with van der Waals surface area (Å²) in [7, 11) is 1.57. The normalized spacial score (nSPS) is 10.5. The van der Waals surface area contributed by atoms with Crippen LogP contribution in [-0.2, 0) is 6.61 Å². The number of hydrogen-bond donors (Lipinski definition) is 1. The van der Waals surface area contributed by atoms with Gasteiger partial charge in [-0.05, 0) is 56.2 Å². The Labute approximate surface area is 158 Å². The molecule has 0 bridgehead atoms. The van der Waals surface area contributed by atoms with E-state index in [2.05, 4.69) is 10.5 Å². The molecular formula is C21H22N2O4. The van der Waals surface area contributed by atoms with Crippen LogP contribution >= 0.6 is 0 Å². The number of amides is 1. The molecule has 0 aliphatic rings. The van der Waals surface area contributed by atoms with Crippen LogP contribution in [-0.4, -0.2) is 18.2 Å². The summed E-state index contributed by atoms with van der Waals surface area (Å²) >= 11 is 0. The number of aromatic nitrogens is 1. The summed E-state index contributed by atoms with van der Waals surface area (Å²) in [5, 5.41) is 6.70. The van der Waals surface area contributed by atoms with Crippen molar-refractivity contribution >= 4 is 11.6 Å². The van der Waals surface area contributed by atoms with Crippen LogP contribution in [0.2, 0.25) is 0 Å². The zero-order valence-corrected chi connectivity index (χ0v) is 15.8. The van der Waals surface area contributed by atoms with E-state index in [0.29, 0.717) is 22.8 Å². The van der Waals surface area contributed by atoms with E-state index in [1.807, 2.05) is 32.0 Å². The van der Waals surface area contributed by atoms with Crippen molar-refractivity contribution in [2.24, 2.45) is 0 Å². The van der Waals surface area contributed by atoms with Crippen LogP contribution < -0.4 is 14.8 Å². The first kappa shape index (κ1) is 18.5. The highest BCUT2D eigenvalue weighted by Crippen LogP contribution is 2.22. The van der Waals surface area contributed by atoms with Crippen LogP contribution in [0, 0.1) is 20.8 Å². The second kappa shape index (κ2) is 7.95. The van der Waals surface area contributed by atoms with E-state index in [4.69, 9.17) is 14.0 Å². The van der Waals surface area contributed by atoms with E-state index >= 15 is 0 Å². The average Bonchev–Trinajstić information content (AvgIpc) is 3.03. The topological polar surface area (TPSA) is 73.6 Å². The van der Waals surface area contributed by atoms with Gasteiger partial charge in [0.15, 0.2) is 5.69 Å². The Balaban J connectivity index is 1.75. The molecule has 27 heavy (non-hydrogen) atoms. The van der Waals surface area contributed by atoms with Crippen LogP contribution in [0.4, 0.5) is 5.69 Å². The molecule has 0 spiro atoms. The minimum Gasteiger partial charge on any atom is -0.497 e. The molecule has 140 valence electrons. The number of anilines is 1. The van der Waals surface area contributed by atoms with Crippen LogP contribution in [0.15, 0.2) is 47.0 Å². The summed E-state index contributed by atoms with van der Waals surface area (Å²) in [5.41, 5.74) is 3.78. The maximum atomic E-state index is 12.6. The summed E-state index contributed by atoms with van der Waals surface area (Å²) in [6.07, 6.45) is 0. The van der Waals surface area contributed by atoms with Gasteiger partial charge in [-0.1, -0.05) is 17.3 Å². The minimum absolute atomic E-state index is 0.193. The van der Waals surface area contributed by atoms with Crippen molar-refractivity contribution in [2.75, 3.05) is 12.4 Å². The first-order chi connectivity index (χ1) is 13.0. The number of nitrogens with zero attached hydrogens (tertiary/aromatic N) is 1. The maximum absolute atomic E-state index is 12.6. The highest BCUT2D eigenvalue weighted by atomic mass is 16.5. The van der Waals surface area contributed by atoms with E-state index in [9.17, 15) is 4.79 Å². The summed E-state index contributed by atoms with van der Waals surface area (Å²) < 4.78 is 16.2. The van der Waals surface area contributed by atoms with E-state index in [0.717, 1.165) is 11.3 Å². The Hall–Kier alpha value is -3.28. The summed E-state index contributed by atoms with van der Waals surface area (Å²) in [6, 6.07) is 13.0. The fourth-order valence-corrected chi connectivity index (χ4v) is 2.59. The van der Waals surface area contributed by atoms with Crippen molar-refractivity contribution in [3.8, 4) is 11.5 Å². The van der Waals surface area contributed by atoms with E-state index in [1.165, 1.54) is 5.56 Å². The second-order valence-electron chi connectivity index (χ2n) is 6.29. The molecule has 0 atom stereocenters. The SMILES string of the molecule is COc1cccc(NC(=O)c2noc(C)c2COc2ccc(C)c(C)c2)c1. The summed E-state index contributed by atoms with van der Waals surface area (Å²) in [5.74, 6) is 1.58. The van der Waals surface area contributed by atoms with Crippen molar-refractivity contribution in [3.05, 3.63) is 70.6 Å². The Kier molecular flexibility index (Phi) is 5.45. The molecule has 6 heteroatoms. The van der Waals surface area contributed by atoms with Gasteiger partial charge in [0.2, 0.25) is 0 Å². The highest BCUT2D eigenvalue weighted by molar-refractivity contribution is 6.04. The van der Waals surface area contributed by atoms with Gasteiger partial charge in [-0.3, -0.25) is 4.79 Å². The zero-order chi connectivity index (χ0) is 19.4. The quantitative estimate of drug-likeness (QED) is 0.698. The molecule has 0 saturated heterocycles. The molecule has 0 aliphatic heterocycles. The van der Waals surface area contributed by atoms with Crippen LogP contribution in [0.3, 0.4) is 0 Å². The number of carbonyl (C=O) groups excluding carboxylic acids is 1. The molecule has 0 fully saturated rings. The molecule has 1 amide bonds. The summed E-state index contributed by atoms with van der Waals surface area (Å²) in [6.45, 7) is 6.03. The standard InChI is InChI=1S/C21H22N2O4/c1-13-8-9-18(10-14(13)2)26-12-19-15(3)27-23-20(19)21(24)22-16-6-5-7-17(11-16)25-4/h5-11H,12H2,1-4H3,(H,22,24). The minimum atomic E-state index is -0.362. The lowest BCUT2D eigenvalue weighted by atomic mass is 10.1. The smallest absolute Gasteiger partial charge is 0.278 e. The van der Waals surface area contributed by atoms with Gasteiger partial charge in [0, 0.05) is 11.8 Å². The lowest BCUT2D eigenvalue weighted by molar-refractivity contribution is 0.101. The monoisotopic (exact) mass is 366 g/mol. The number of ether oxygens (including phenoxy) is 2. The van der Waals surface area contributed by atoms with Gasteiger partial charge in [0.25, 0.3) is 5.91 Å². The van der Waals surface area contributed by atoms with Crippen molar-refractivity contribution in [1.82, 2.24) is 5.16 Å². The highest BCUT2D eigenvalue weighted by Gasteiger charge is 2.20. The number of benzene rings is 2. The first-order valence-corrected chi connectivity index (χ1v) is 8.58. The summed E-state index contributed by atoms with van der Waals surface area (Å²) in [4.78, 5) is 12.6. The van der Waals surface area contributed by atoms with E-state index in [1.54, 1.807) is 38.3 Å². The molecule has 1 aromatic heterocycles. The average molecular weight is 366 g/mol. The molecule has 0 radical (unpaired) electrons. The van der Waals surface area contributed by atoms with Gasteiger partial charge in [-0.25, -0.2) is 0 Å². The third-order valence-electron chi connectivity index (χ3n) is 4.39. The fraction of sp³-hybridized carbons (Fsp3) is 0.238. The zero-order valence-electron chi connectivity index (χ0n) is 15.8. The Morgan fingerprint density at radius 1 is 1.07 bits per heavy atom. The van der Waals surface area contributed by atoms with Gasteiger partial charge < -0.3 is 19.3 Å². The lowest BCUT2D eigenvalue weighted by Gasteiger charge is -2.09. The Morgan fingerprint density at radius 3 is 2.63 bits per heavy atom. The Bertz CT molecular complexity index is 963. The number of rotatable bonds is 6. The van der Waals surface area contributed by atoms with Gasteiger partial charge in [-0.2, -0.15) is 0 Å². The molecule has 0 unspecified atom stereocenters. The van der Waals surface area contributed by atoms with Crippen LogP contribution in [0.5, 0.6) is 11.5 Å². The number of nitrogens with one attached hydrogen (secondary N) is 1. The lowest BCUT2D eigenvalue weighted by Crippen LogP contribution is -2.15. The van der Waals surface area contributed by atoms with Crippen molar-refractivity contribution in [1.29, 1.82) is 0 Å². The molecule has 1 N–H and O–H groups in total. The van der Waals surface area contributed by atoms with Crippen molar-refractivity contribution in [2.45, 2.75) is 27.4 Å². The molecule has 3 aromatic rings. The van der Waals surface area contributed by atoms with Gasteiger partial charge in [-0.15, -0.1) is 0 Å². The molecule has 0 aliphatic carbocycles. The number of methoxy groups -OCH3 is 1. The van der Waals surface area contributed by atoms with Crippen LogP contribution in [0.1, 0.15) is 32.9 Å². The van der Waals surface area contributed by atoms with Gasteiger partial charge in [0.1, 0.15) is 23.9 Å².